The largest absolute Gasteiger partial charge is 0.488 e. The molecule has 6 heteroatoms. The van der Waals surface area contributed by atoms with Crippen molar-refractivity contribution in [3.05, 3.63) is 82.9 Å². The van der Waals surface area contributed by atoms with Crippen molar-refractivity contribution in [1.29, 1.82) is 0 Å². The van der Waals surface area contributed by atoms with Gasteiger partial charge in [0.05, 0.1) is 13.2 Å². The first-order valence-electron chi connectivity index (χ1n) is 11.3. The van der Waals surface area contributed by atoms with Crippen LogP contribution in [0, 0.1) is 18.6 Å². The smallest absolute Gasteiger partial charge is 0.165 e. The maximum absolute atomic E-state index is 14.3. The summed E-state index contributed by atoms with van der Waals surface area (Å²) in [6.07, 6.45) is 0.844. The highest BCUT2D eigenvalue weighted by molar-refractivity contribution is 5.72. The van der Waals surface area contributed by atoms with Gasteiger partial charge in [-0.25, -0.2) is 8.78 Å². The van der Waals surface area contributed by atoms with Crippen LogP contribution in [0.15, 0.2) is 54.6 Å². The van der Waals surface area contributed by atoms with E-state index < -0.39 is 11.6 Å². The van der Waals surface area contributed by atoms with E-state index in [4.69, 9.17) is 14.2 Å². The molecular weight excluding hydrogens is 424 g/mol. The van der Waals surface area contributed by atoms with Crippen molar-refractivity contribution >= 4 is 0 Å². The van der Waals surface area contributed by atoms with E-state index in [9.17, 15) is 8.78 Å². The summed E-state index contributed by atoms with van der Waals surface area (Å²) < 4.78 is 45.6. The molecule has 0 aliphatic carbocycles. The van der Waals surface area contributed by atoms with Crippen LogP contribution in [0.5, 0.6) is 11.5 Å². The van der Waals surface area contributed by atoms with E-state index in [1.54, 1.807) is 0 Å². The molecule has 2 heterocycles. The highest BCUT2D eigenvalue weighted by Gasteiger charge is 2.25. The lowest BCUT2D eigenvalue weighted by atomic mass is 9.97. The van der Waals surface area contributed by atoms with Gasteiger partial charge in [0, 0.05) is 43.2 Å². The minimum atomic E-state index is -0.568. The molecule has 33 heavy (non-hydrogen) atoms. The number of hydrogen-bond donors (Lipinski definition) is 0. The summed E-state index contributed by atoms with van der Waals surface area (Å²) in [5.74, 6) is 0.359. The Morgan fingerprint density at radius 3 is 2.73 bits per heavy atom. The zero-order valence-corrected chi connectivity index (χ0v) is 18.7. The summed E-state index contributed by atoms with van der Waals surface area (Å²) in [7, 11) is 0. The Morgan fingerprint density at radius 2 is 1.94 bits per heavy atom. The Kier molecular flexibility index (Phi) is 6.29. The van der Waals surface area contributed by atoms with Gasteiger partial charge in [0.1, 0.15) is 24.3 Å². The Bertz CT molecular complexity index is 1140. The molecule has 1 fully saturated rings. The van der Waals surface area contributed by atoms with Gasteiger partial charge in [-0.3, -0.25) is 4.90 Å². The van der Waals surface area contributed by atoms with E-state index in [0.717, 1.165) is 40.7 Å². The van der Waals surface area contributed by atoms with E-state index in [0.29, 0.717) is 45.0 Å². The van der Waals surface area contributed by atoms with Gasteiger partial charge >= 0.3 is 0 Å². The van der Waals surface area contributed by atoms with Crippen molar-refractivity contribution in [1.82, 2.24) is 4.90 Å². The van der Waals surface area contributed by atoms with Gasteiger partial charge in [0.25, 0.3) is 0 Å². The molecule has 0 aromatic heterocycles. The maximum atomic E-state index is 14.3. The molecule has 4 nitrogen and oxygen atoms in total. The first-order valence-corrected chi connectivity index (χ1v) is 11.3. The predicted molar refractivity (Wildman–Crippen MR) is 122 cm³/mol. The summed E-state index contributed by atoms with van der Waals surface area (Å²) >= 11 is 0. The van der Waals surface area contributed by atoms with Gasteiger partial charge in [0.15, 0.2) is 11.5 Å². The van der Waals surface area contributed by atoms with Crippen molar-refractivity contribution in [2.45, 2.75) is 32.5 Å². The third-order valence-electron chi connectivity index (χ3n) is 6.23. The SMILES string of the molecule is Cc1ccccc1-c1cc2c(c(O[C@H]3CCOC3)c1)OCCN(Cc1ccc(F)cc1F)C2. The lowest BCUT2D eigenvalue weighted by Gasteiger charge is -2.21. The van der Waals surface area contributed by atoms with Crippen LogP contribution in [-0.4, -0.2) is 37.4 Å². The molecule has 2 aliphatic heterocycles. The number of fused-ring (bicyclic) bond motifs is 1. The zero-order chi connectivity index (χ0) is 22.8. The van der Waals surface area contributed by atoms with Crippen LogP contribution in [0.4, 0.5) is 8.78 Å². The van der Waals surface area contributed by atoms with Gasteiger partial charge in [-0.15, -0.1) is 0 Å². The van der Waals surface area contributed by atoms with Crippen LogP contribution in [-0.2, 0) is 17.8 Å². The lowest BCUT2D eigenvalue weighted by molar-refractivity contribution is 0.137. The van der Waals surface area contributed by atoms with Crippen molar-refractivity contribution in [2.75, 3.05) is 26.4 Å². The highest BCUT2D eigenvalue weighted by Crippen LogP contribution is 2.40. The number of nitrogens with zero attached hydrogens (tertiary/aromatic N) is 1. The molecule has 0 N–H and O–H groups in total. The van der Waals surface area contributed by atoms with Gasteiger partial charge in [0.2, 0.25) is 0 Å². The second kappa shape index (κ2) is 9.49. The van der Waals surface area contributed by atoms with Gasteiger partial charge < -0.3 is 14.2 Å². The van der Waals surface area contributed by atoms with Crippen molar-refractivity contribution in [3.8, 4) is 22.6 Å². The average Bonchev–Trinajstić information content (AvgIpc) is 3.21. The minimum absolute atomic E-state index is 0.00233. The second-order valence-electron chi connectivity index (χ2n) is 8.68. The fourth-order valence-electron chi connectivity index (χ4n) is 4.49. The van der Waals surface area contributed by atoms with Gasteiger partial charge in [-0.2, -0.15) is 0 Å². The molecule has 5 rings (SSSR count). The number of benzene rings is 3. The summed E-state index contributed by atoms with van der Waals surface area (Å²) in [6.45, 7) is 5.38. The van der Waals surface area contributed by atoms with Gasteiger partial charge in [-0.1, -0.05) is 30.3 Å². The van der Waals surface area contributed by atoms with E-state index >= 15 is 0 Å². The topological polar surface area (TPSA) is 30.9 Å². The van der Waals surface area contributed by atoms with E-state index in [1.807, 2.05) is 12.1 Å². The number of rotatable bonds is 5. The highest BCUT2D eigenvalue weighted by atomic mass is 19.1. The number of halogens is 2. The molecule has 172 valence electrons. The number of aryl methyl sites for hydroxylation is 1. The number of hydrogen-bond acceptors (Lipinski definition) is 4. The Hall–Kier alpha value is -2.96. The fourth-order valence-corrected chi connectivity index (χ4v) is 4.49. The molecule has 0 amide bonds. The molecule has 1 saturated heterocycles. The average molecular weight is 452 g/mol. The normalized spacial score (nSPS) is 18.5. The lowest BCUT2D eigenvalue weighted by Crippen LogP contribution is -2.25. The standard InChI is InChI=1S/C27H27F2NO3/c1-18-4-2-3-5-24(18)20-12-21-16-30(15-19-6-7-22(28)14-25(19)29)9-11-32-27(21)26(13-20)33-23-8-10-31-17-23/h2-7,12-14,23H,8-11,15-17H2,1H3/t23-/m0/s1. The van der Waals surface area contributed by atoms with Crippen LogP contribution in [0.3, 0.4) is 0 Å². The van der Waals surface area contributed by atoms with Crippen LogP contribution < -0.4 is 9.47 Å². The van der Waals surface area contributed by atoms with E-state index in [-0.39, 0.29) is 6.10 Å². The summed E-state index contributed by atoms with van der Waals surface area (Å²) in [4.78, 5) is 2.12. The second-order valence-corrected chi connectivity index (χ2v) is 8.68. The van der Waals surface area contributed by atoms with Crippen LogP contribution in [0.2, 0.25) is 0 Å². The monoisotopic (exact) mass is 451 g/mol. The van der Waals surface area contributed by atoms with Crippen LogP contribution in [0.1, 0.15) is 23.1 Å². The van der Waals surface area contributed by atoms with Crippen LogP contribution >= 0.6 is 0 Å². The molecule has 0 unspecified atom stereocenters. The van der Waals surface area contributed by atoms with E-state index in [2.05, 4.69) is 36.1 Å². The molecule has 1 atom stereocenters. The molecule has 3 aromatic carbocycles. The Balaban J connectivity index is 1.50. The minimum Gasteiger partial charge on any atom is -0.488 e. The summed E-state index contributed by atoms with van der Waals surface area (Å²) in [5.41, 5.74) is 4.82. The molecule has 0 saturated carbocycles. The summed E-state index contributed by atoms with van der Waals surface area (Å²) in [6, 6.07) is 16.2. The van der Waals surface area contributed by atoms with Crippen molar-refractivity contribution in [2.24, 2.45) is 0 Å². The van der Waals surface area contributed by atoms with Crippen molar-refractivity contribution < 1.29 is 23.0 Å². The molecule has 2 aliphatic rings. The molecule has 0 bridgehead atoms. The third-order valence-corrected chi connectivity index (χ3v) is 6.23. The molecule has 0 spiro atoms. The Morgan fingerprint density at radius 1 is 1.06 bits per heavy atom. The zero-order valence-electron chi connectivity index (χ0n) is 18.7. The van der Waals surface area contributed by atoms with Crippen molar-refractivity contribution in [3.63, 3.8) is 0 Å². The number of ether oxygens (including phenoxy) is 3. The first-order chi connectivity index (χ1) is 16.1. The maximum Gasteiger partial charge on any atom is 0.165 e. The summed E-state index contributed by atoms with van der Waals surface area (Å²) in [5, 5.41) is 0. The van der Waals surface area contributed by atoms with Crippen LogP contribution in [0.25, 0.3) is 11.1 Å². The molecule has 3 aromatic rings. The Labute approximate surface area is 192 Å². The van der Waals surface area contributed by atoms with E-state index in [1.165, 1.54) is 17.7 Å². The quantitative estimate of drug-likeness (QED) is 0.512. The molecule has 0 radical (unpaired) electrons. The molecular formula is C27H27F2NO3. The predicted octanol–water partition coefficient (Wildman–Crippen LogP) is 5.50. The van der Waals surface area contributed by atoms with Gasteiger partial charge in [-0.05, 0) is 41.8 Å². The third kappa shape index (κ3) is 4.87. The fraction of sp³-hybridized carbons (Fsp3) is 0.333. The first kappa shape index (κ1) is 21.9.